The van der Waals surface area contributed by atoms with Crippen LogP contribution < -0.4 is 21.9 Å². The minimum Gasteiger partial charge on any atom is -0.321 e. The first kappa shape index (κ1) is 32.0. The van der Waals surface area contributed by atoms with Crippen LogP contribution in [0.3, 0.4) is 0 Å². The first-order valence-corrected chi connectivity index (χ1v) is 17.3. The SMILES string of the molecule is CC[N+](CC)(CC)Cc1c2ccccc2cc2ccccc12.c1ccc([B-](c2ccccc2)(c2ccccc2)c2ccccc2)cc1. The predicted octanol–water partition coefficient (Wildman–Crippen LogP) is 8.43. The number of rotatable bonds is 9. The van der Waals surface area contributed by atoms with Crippen molar-refractivity contribution >= 4 is 49.5 Å². The van der Waals surface area contributed by atoms with Gasteiger partial charge in [-0.3, -0.25) is 0 Å². The second-order valence-corrected chi connectivity index (χ2v) is 12.8. The molecule has 0 aliphatic rings. The summed E-state index contributed by atoms with van der Waals surface area (Å²) in [6.07, 6.45) is -1.22. The van der Waals surface area contributed by atoms with Gasteiger partial charge in [-0.2, -0.15) is 21.9 Å². The molecule has 0 unspecified atom stereocenters. The van der Waals surface area contributed by atoms with Gasteiger partial charge < -0.3 is 4.48 Å². The molecule has 0 bridgehead atoms. The van der Waals surface area contributed by atoms with Gasteiger partial charge in [-0.05, 0) is 48.4 Å². The molecule has 0 amide bonds. The average molecular weight is 612 g/mol. The summed E-state index contributed by atoms with van der Waals surface area (Å²) >= 11 is 0. The first-order valence-electron chi connectivity index (χ1n) is 17.3. The largest absolute Gasteiger partial charge is 0.321 e. The Labute approximate surface area is 281 Å². The van der Waals surface area contributed by atoms with Gasteiger partial charge in [-0.1, -0.05) is 170 Å². The molecule has 0 N–H and O–H groups in total. The number of nitrogens with zero attached hydrogens (tertiary/aromatic N) is 1. The smallest absolute Gasteiger partial charge is 0.108 e. The van der Waals surface area contributed by atoms with Gasteiger partial charge in [0.1, 0.15) is 12.7 Å². The van der Waals surface area contributed by atoms with E-state index in [0.717, 1.165) is 11.0 Å². The summed E-state index contributed by atoms with van der Waals surface area (Å²) in [5.74, 6) is 0. The molecule has 0 aliphatic carbocycles. The summed E-state index contributed by atoms with van der Waals surface area (Å²) in [7, 11) is 0. The molecular formula is C45H46BN. The fraction of sp³-hybridized carbons (Fsp3) is 0.156. The topological polar surface area (TPSA) is 0 Å². The average Bonchev–Trinajstić information content (AvgIpc) is 3.16. The van der Waals surface area contributed by atoms with Gasteiger partial charge in [-0.15, -0.1) is 0 Å². The number of hydrogen-bond acceptors (Lipinski definition) is 0. The van der Waals surface area contributed by atoms with Crippen LogP contribution in [0.25, 0.3) is 21.5 Å². The van der Waals surface area contributed by atoms with Gasteiger partial charge in [-0.25, -0.2) is 0 Å². The van der Waals surface area contributed by atoms with Crippen molar-refractivity contribution in [3.05, 3.63) is 181 Å². The third-order valence-electron chi connectivity index (χ3n) is 10.6. The Hall–Kier alpha value is -4.92. The molecule has 0 aliphatic heterocycles. The van der Waals surface area contributed by atoms with Gasteiger partial charge in [0.15, 0.2) is 0 Å². The van der Waals surface area contributed by atoms with E-state index in [2.05, 4.69) is 197 Å². The van der Waals surface area contributed by atoms with Crippen LogP contribution in [0, 0.1) is 0 Å². The van der Waals surface area contributed by atoms with Crippen molar-refractivity contribution in [1.29, 1.82) is 0 Å². The Balaban J connectivity index is 0.000000166. The lowest BCUT2D eigenvalue weighted by Gasteiger charge is -2.44. The lowest BCUT2D eigenvalue weighted by atomic mass is 9.13. The fourth-order valence-electron chi connectivity index (χ4n) is 7.74. The van der Waals surface area contributed by atoms with Crippen molar-refractivity contribution in [3.63, 3.8) is 0 Å². The molecule has 0 fully saturated rings. The van der Waals surface area contributed by atoms with Gasteiger partial charge in [0, 0.05) is 5.56 Å². The number of benzene rings is 7. The minimum atomic E-state index is -1.22. The maximum absolute atomic E-state index is 2.33. The molecule has 1 nitrogen and oxygen atoms in total. The summed E-state index contributed by atoms with van der Waals surface area (Å²) in [5, 5.41) is 5.55. The molecule has 0 saturated heterocycles. The third kappa shape index (κ3) is 6.39. The van der Waals surface area contributed by atoms with E-state index >= 15 is 0 Å². The van der Waals surface area contributed by atoms with E-state index in [-0.39, 0.29) is 0 Å². The molecule has 2 heteroatoms. The van der Waals surface area contributed by atoms with E-state index in [4.69, 9.17) is 0 Å². The van der Waals surface area contributed by atoms with Crippen LogP contribution in [0.1, 0.15) is 26.3 Å². The molecule has 47 heavy (non-hydrogen) atoms. The summed E-state index contributed by atoms with van der Waals surface area (Å²) < 4.78 is 1.15. The highest BCUT2D eigenvalue weighted by atomic mass is 15.3. The second-order valence-electron chi connectivity index (χ2n) is 12.8. The maximum Gasteiger partial charge on any atom is 0.108 e. The van der Waals surface area contributed by atoms with Crippen LogP contribution in [0.15, 0.2) is 176 Å². The molecule has 0 saturated carbocycles. The van der Waals surface area contributed by atoms with Crippen molar-refractivity contribution in [1.82, 2.24) is 0 Å². The van der Waals surface area contributed by atoms with E-state index in [1.165, 1.54) is 68.6 Å². The molecular weight excluding hydrogens is 565 g/mol. The molecule has 0 aromatic heterocycles. The molecule has 7 aromatic carbocycles. The van der Waals surface area contributed by atoms with E-state index < -0.39 is 6.15 Å². The highest BCUT2D eigenvalue weighted by molar-refractivity contribution is 7.19. The standard InChI is InChI=1S/C24H20B.C21H26N/c1-5-13-21(14-6-1)25(22-15-7-2-8-16-22,23-17-9-3-10-18-23)24-19-11-4-12-20-24;1-4-22(5-2,6-3)16-21-19-13-9-7-11-17(19)15-18-12-8-10-14-20(18)21/h1-20H;7-15H,4-6,16H2,1-3H3/q-1;+1. The highest BCUT2D eigenvalue weighted by Crippen LogP contribution is 2.31. The molecule has 0 heterocycles. The Morgan fingerprint density at radius 3 is 1.00 bits per heavy atom. The summed E-state index contributed by atoms with van der Waals surface area (Å²) in [6.45, 7) is 11.6. The van der Waals surface area contributed by atoms with Crippen molar-refractivity contribution in [2.24, 2.45) is 0 Å². The normalized spacial score (nSPS) is 11.6. The van der Waals surface area contributed by atoms with E-state index in [1.54, 1.807) is 0 Å². The predicted molar refractivity (Wildman–Crippen MR) is 207 cm³/mol. The lowest BCUT2D eigenvalue weighted by molar-refractivity contribution is -0.935. The Kier molecular flexibility index (Phi) is 10.0. The summed E-state index contributed by atoms with van der Waals surface area (Å²) in [6, 6.07) is 63.5. The van der Waals surface area contributed by atoms with Crippen LogP contribution in [-0.4, -0.2) is 30.3 Å². The van der Waals surface area contributed by atoms with E-state index in [1.807, 2.05) is 0 Å². The summed E-state index contributed by atoms with van der Waals surface area (Å²) in [4.78, 5) is 0. The highest BCUT2D eigenvalue weighted by Gasteiger charge is 2.31. The first-order chi connectivity index (χ1) is 23.1. The summed E-state index contributed by atoms with van der Waals surface area (Å²) in [5.41, 5.74) is 6.87. The van der Waals surface area contributed by atoms with Crippen molar-refractivity contribution in [2.45, 2.75) is 27.3 Å². The molecule has 0 spiro atoms. The van der Waals surface area contributed by atoms with E-state index in [9.17, 15) is 0 Å². The third-order valence-corrected chi connectivity index (χ3v) is 10.6. The van der Waals surface area contributed by atoms with Crippen LogP contribution in [0.4, 0.5) is 0 Å². The van der Waals surface area contributed by atoms with Crippen LogP contribution in [0.5, 0.6) is 0 Å². The van der Waals surface area contributed by atoms with Crippen LogP contribution in [-0.2, 0) is 6.54 Å². The van der Waals surface area contributed by atoms with Crippen molar-refractivity contribution in [2.75, 3.05) is 19.6 Å². The molecule has 7 rings (SSSR count). The minimum absolute atomic E-state index is 1.12. The Morgan fingerprint density at radius 1 is 0.383 bits per heavy atom. The quantitative estimate of drug-likeness (QED) is 0.0874. The Morgan fingerprint density at radius 2 is 0.681 bits per heavy atom. The number of hydrogen-bond donors (Lipinski definition) is 0. The van der Waals surface area contributed by atoms with Gasteiger partial charge in [0.05, 0.1) is 19.6 Å². The number of fused-ring (bicyclic) bond motifs is 2. The zero-order valence-corrected chi connectivity index (χ0v) is 28.1. The van der Waals surface area contributed by atoms with Gasteiger partial charge in [0.25, 0.3) is 0 Å². The van der Waals surface area contributed by atoms with Crippen molar-refractivity contribution in [3.8, 4) is 0 Å². The zero-order valence-electron chi connectivity index (χ0n) is 28.1. The van der Waals surface area contributed by atoms with Gasteiger partial charge in [0.2, 0.25) is 0 Å². The van der Waals surface area contributed by atoms with Crippen LogP contribution >= 0.6 is 0 Å². The molecule has 0 radical (unpaired) electrons. The monoisotopic (exact) mass is 611 g/mol. The zero-order chi connectivity index (χ0) is 32.5. The fourth-order valence-corrected chi connectivity index (χ4v) is 7.74. The molecule has 234 valence electrons. The van der Waals surface area contributed by atoms with Crippen molar-refractivity contribution < 1.29 is 4.48 Å². The Bertz CT molecular complexity index is 1770. The second kappa shape index (κ2) is 14.7. The lowest BCUT2D eigenvalue weighted by Crippen LogP contribution is -2.74. The molecule has 7 aromatic rings. The van der Waals surface area contributed by atoms with Crippen LogP contribution in [0.2, 0.25) is 0 Å². The molecule has 0 atom stereocenters. The number of quaternary nitrogens is 1. The van der Waals surface area contributed by atoms with Gasteiger partial charge >= 0.3 is 0 Å². The maximum atomic E-state index is 2.33. The van der Waals surface area contributed by atoms with E-state index in [0.29, 0.717) is 0 Å².